The van der Waals surface area contributed by atoms with Crippen LogP contribution in [0.1, 0.15) is 23.2 Å². The second-order valence-corrected chi connectivity index (χ2v) is 11.3. The van der Waals surface area contributed by atoms with Crippen LogP contribution in [0.15, 0.2) is 82.6 Å². The van der Waals surface area contributed by atoms with E-state index >= 15 is 0 Å². The van der Waals surface area contributed by atoms with Crippen LogP contribution in [0.25, 0.3) is 0 Å². The Hall–Kier alpha value is -3.41. The summed E-state index contributed by atoms with van der Waals surface area (Å²) in [5.41, 5.74) is 0.451. The van der Waals surface area contributed by atoms with Gasteiger partial charge in [0.15, 0.2) is 0 Å². The Labute approximate surface area is 225 Å². The first kappa shape index (κ1) is 27.6. The molecule has 1 unspecified atom stereocenters. The van der Waals surface area contributed by atoms with E-state index < -0.39 is 28.3 Å². The van der Waals surface area contributed by atoms with Crippen molar-refractivity contribution in [3.63, 3.8) is 0 Å². The fourth-order valence-corrected chi connectivity index (χ4v) is 5.86. The van der Waals surface area contributed by atoms with E-state index in [2.05, 4.69) is 10.6 Å². The molecule has 3 aromatic rings. The van der Waals surface area contributed by atoms with Crippen LogP contribution in [-0.2, 0) is 19.6 Å². The SMILES string of the molecule is CSc1ccc(S(=O)(=O)N(CC(=O)Nc2ccccc2C(=O)NCC2CCCO2)c2cccc(F)c2)cc1. The first-order valence-corrected chi connectivity index (χ1v) is 14.7. The summed E-state index contributed by atoms with van der Waals surface area (Å²) in [6, 6.07) is 17.7. The zero-order valence-electron chi connectivity index (χ0n) is 20.7. The third-order valence-corrected chi connectivity index (χ3v) is 8.52. The van der Waals surface area contributed by atoms with Gasteiger partial charge in [-0.15, -0.1) is 11.8 Å². The average Bonchev–Trinajstić information content (AvgIpc) is 3.44. The van der Waals surface area contributed by atoms with Crippen LogP contribution in [0.2, 0.25) is 0 Å². The number of carbonyl (C=O) groups is 2. The lowest BCUT2D eigenvalue weighted by atomic mass is 10.1. The van der Waals surface area contributed by atoms with Crippen LogP contribution in [0.4, 0.5) is 15.8 Å². The number of sulfonamides is 1. The molecule has 3 aromatic carbocycles. The quantitative estimate of drug-likeness (QED) is 0.361. The number of rotatable bonds is 10. The molecule has 0 bridgehead atoms. The van der Waals surface area contributed by atoms with Crippen LogP contribution >= 0.6 is 11.8 Å². The highest BCUT2D eigenvalue weighted by molar-refractivity contribution is 7.98. The predicted molar refractivity (Wildman–Crippen MR) is 146 cm³/mol. The third-order valence-electron chi connectivity index (χ3n) is 5.99. The average molecular weight is 558 g/mol. The molecule has 1 saturated heterocycles. The number of halogens is 1. The van der Waals surface area contributed by atoms with Gasteiger partial charge in [0.1, 0.15) is 12.4 Å². The van der Waals surface area contributed by atoms with E-state index in [-0.39, 0.29) is 33.8 Å². The van der Waals surface area contributed by atoms with E-state index in [0.29, 0.717) is 13.2 Å². The van der Waals surface area contributed by atoms with Crippen molar-refractivity contribution in [1.82, 2.24) is 5.32 Å². The van der Waals surface area contributed by atoms with Crippen LogP contribution in [0.3, 0.4) is 0 Å². The van der Waals surface area contributed by atoms with Gasteiger partial charge < -0.3 is 15.4 Å². The molecule has 1 atom stereocenters. The number of hydrogen-bond acceptors (Lipinski definition) is 6. The van der Waals surface area contributed by atoms with Gasteiger partial charge in [-0.1, -0.05) is 18.2 Å². The van der Waals surface area contributed by atoms with Crippen molar-refractivity contribution in [2.24, 2.45) is 0 Å². The Bertz CT molecular complexity index is 1390. The van der Waals surface area contributed by atoms with Crippen LogP contribution in [0, 0.1) is 5.82 Å². The highest BCUT2D eigenvalue weighted by Crippen LogP contribution is 2.26. The Morgan fingerprint density at radius 2 is 1.84 bits per heavy atom. The summed E-state index contributed by atoms with van der Waals surface area (Å²) < 4.78 is 47.5. The van der Waals surface area contributed by atoms with Crippen molar-refractivity contribution in [3.8, 4) is 0 Å². The monoisotopic (exact) mass is 557 g/mol. The zero-order valence-corrected chi connectivity index (χ0v) is 22.4. The summed E-state index contributed by atoms with van der Waals surface area (Å²) in [7, 11) is -4.22. The Morgan fingerprint density at radius 3 is 2.53 bits per heavy atom. The molecule has 200 valence electrons. The number of amides is 2. The number of nitrogens with zero attached hydrogens (tertiary/aromatic N) is 1. The standard InChI is InChI=1S/C27H28FN3O5S2/c1-37-22-11-13-23(14-12-22)38(34,35)31(20-7-4-6-19(28)16-20)18-26(32)30-25-10-3-2-9-24(25)27(33)29-17-21-8-5-15-36-21/h2-4,6-7,9-14,16,21H,5,8,15,17-18H2,1H3,(H,29,33)(H,30,32). The molecule has 1 aliphatic rings. The number of ether oxygens (including phenoxy) is 1. The molecular formula is C27H28FN3O5S2. The number of nitrogens with one attached hydrogen (secondary N) is 2. The number of hydrogen-bond donors (Lipinski definition) is 2. The fraction of sp³-hybridized carbons (Fsp3) is 0.259. The minimum absolute atomic E-state index is 0.00307. The molecule has 2 N–H and O–H groups in total. The number of para-hydroxylation sites is 1. The number of thioether (sulfide) groups is 1. The van der Waals surface area contributed by atoms with Crippen molar-refractivity contribution >= 4 is 45.0 Å². The van der Waals surface area contributed by atoms with Gasteiger partial charge in [-0.25, -0.2) is 12.8 Å². The van der Waals surface area contributed by atoms with Gasteiger partial charge >= 0.3 is 0 Å². The van der Waals surface area contributed by atoms with E-state index in [4.69, 9.17) is 4.74 Å². The van der Waals surface area contributed by atoms with E-state index in [1.54, 1.807) is 36.4 Å². The second-order valence-electron chi connectivity index (χ2n) is 8.61. The molecule has 1 aliphatic heterocycles. The lowest BCUT2D eigenvalue weighted by Crippen LogP contribution is -2.38. The Balaban J connectivity index is 1.56. The molecule has 11 heteroatoms. The summed E-state index contributed by atoms with van der Waals surface area (Å²) in [5, 5.41) is 5.46. The van der Waals surface area contributed by atoms with Crippen molar-refractivity contribution in [3.05, 3.63) is 84.2 Å². The van der Waals surface area contributed by atoms with Gasteiger partial charge in [0.2, 0.25) is 5.91 Å². The van der Waals surface area contributed by atoms with Crippen molar-refractivity contribution in [1.29, 1.82) is 0 Å². The molecule has 0 radical (unpaired) electrons. The van der Waals surface area contributed by atoms with Crippen molar-refractivity contribution < 1.29 is 27.1 Å². The normalized spacial score (nSPS) is 15.2. The van der Waals surface area contributed by atoms with Crippen molar-refractivity contribution in [2.75, 3.05) is 35.6 Å². The van der Waals surface area contributed by atoms with E-state index in [1.165, 1.54) is 42.1 Å². The fourth-order valence-electron chi connectivity index (χ4n) is 4.04. The highest BCUT2D eigenvalue weighted by Gasteiger charge is 2.28. The maximum Gasteiger partial charge on any atom is 0.264 e. The van der Waals surface area contributed by atoms with E-state index in [0.717, 1.165) is 28.1 Å². The Kier molecular flexibility index (Phi) is 9.03. The molecule has 0 saturated carbocycles. The maximum absolute atomic E-state index is 14.0. The molecule has 38 heavy (non-hydrogen) atoms. The van der Waals surface area contributed by atoms with Gasteiger partial charge in [0.05, 0.1) is 27.9 Å². The van der Waals surface area contributed by atoms with E-state index in [9.17, 15) is 22.4 Å². The Morgan fingerprint density at radius 1 is 1.08 bits per heavy atom. The third kappa shape index (κ3) is 6.72. The minimum atomic E-state index is -4.22. The van der Waals surface area contributed by atoms with Gasteiger partial charge in [-0.05, 0) is 73.7 Å². The summed E-state index contributed by atoms with van der Waals surface area (Å²) in [6.45, 7) is 0.379. The summed E-state index contributed by atoms with van der Waals surface area (Å²) in [5.74, 6) is -1.73. The van der Waals surface area contributed by atoms with Crippen molar-refractivity contribution in [2.45, 2.75) is 28.7 Å². The smallest absolute Gasteiger partial charge is 0.264 e. The van der Waals surface area contributed by atoms with Crippen LogP contribution in [-0.4, -0.2) is 52.3 Å². The molecule has 8 nitrogen and oxygen atoms in total. The lowest BCUT2D eigenvalue weighted by Gasteiger charge is -2.24. The predicted octanol–water partition coefficient (Wildman–Crippen LogP) is 4.29. The number of carbonyl (C=O) groups excluding carboxylic acids is 2. The molecule has 2 amide bonds. The van der Waals surface area contributed by atoms with E-state index in [1.807, 2.05) is 6.26 Å². The first-order valence-electron chi connectivity index (χ1n) is 12.0. The second kappa shape index (κ2) is 12.4. The van der Waals surface area contributed by atoms with Gasteiger partial charge in [-0.2, -0.15) is 0 Å². The van der Waals surface area contributed by atoms with Crippen LogP contribution in [0.5, 0.6) is 0 Å². The number of benzene rings is 3. The molecule has 4 rings (SSSR count). The first-order chi connectivity index (χ1) is 18.3. The summed E-state index contributed by atoms with van der Waals surface area (Å²) >= 11 is 1.46. The minimum Gasteiger partial charge on any atom is -0.376 e. The van der Waals surface area contributed by atoms with Crippen LogP contribution < -0.4 is 14.9 Å². The molecule has 0 spiro atoms. The maximum atomic E-state index is 14.0. The molecular weight excluding hydrogens is 529 g/mol. The molecule has 1 heterocycles. The molecule has 0 aromatic heterocycles. The molecule has 0 aliphatic carbocycles. The van der Waals surface area contributed by atoms with Gasteiger partial charge in [-0.3, -0.25) is 13.9 Å². The topological polar surface area (TPSA) is 105 Å². The lowest BCUT2D eigenvalue weighted by molar-refractivity contribution is -0.114. The summed E-state index contributed by atoms with van der Waals surface area (Å²) in [6.07, 6.45) is 3.63. The zero-order chi connectivity index (χ0) is 27.1. The number of anilines is 2. The van der Waals surface area contributed by atoms with Gasteiger partial charge in [0, 0.05) is 18.0 Å². The molecule has 1 fully saturated rings. The van der Waals surface area contributed by atoms with Gasteiger partial charge in [0.25, 0.3) is 15.9 Å². The highest BCUT2D eigenvalue weighted by atomic mass is 32.2. The largest absolute Gasteiger partial charge is 0.376 e. The summed E-state index contributed by atoms with van der Waals surface area (Å²) in [4.78, 5) is 26.8.